The molecule has 1 unspecified atom stereocenters. The van der Waals surface area contributed by atoms with Crippen molar-refractivity contribution in [1.82, 2.24) is 10.2 Å². The summed E-state index contributed by atoms with van der Waals surface area (Å²) in [5.41, 5.74) is 0.684. The van der Waals surface area contributed by atoms with Gasteiger partial charge in [-0.1, -0.05) is 42.0 Å². The molecule has 40 heavy (non-hydrogen) atoms. The molecule has 1 atom stereocenters. The third kappa shape index (κ3) is 7.59. The van der Waals surface area contributed by atoms with Crippen LogP contribution in [0.1, 0.15) is 38.8 Å². The molecule has 8 nitrogen and oxygen atoms in total. The maximum absolute atomic E-state index is 14.6. The molecule has 0 spiro atoms. The summed E-state index contributed by atoms with van der Waals surface area (Å²) in [5.74, 6) is -1.28. The van der Waals surface area contributed by atoms with Crippen LogP contribution < -0.4 is 14.4 Å². The molecule has 0 heterocycles. The average molecular weight is 570 g/mol. The molecule has 1 N–H and O–H groups in total. The number of nitrogens with one attached hydrogen (secondary N) is 1. The van der Waals surface area contributed by atoms with E-state index in [1.165, 1.54) is 55.3 Å². The minimum atomic E-state index is -4.22. The lowest BCUT2D eigenvalue weighted by Crippen LogP contribution is -2.54. The number of hydrogen-bond acceptors (Lipinski definition) is 5. The number of carbonyl (C=O) groups is 2. The first-order chi connectivity index (χ1) is 18.7. The van der Waals surface area contributed by atoms with Crippen LogP contribution in [-0.4, -0.2) is 50.4 Å². The largest absolute Gasteiger partial charge is 0.497 e. The summed E-state index contributed by atoms with van der Waals surface area (Å²) in [6.45, 7) is 7.91. The third-order valence-electron chi connectivity index (χ3n) is 6.19. The standard InChI is InChI=1S/C30H36FN3O5S/c1-21-14-16-26(17-15-21)40(37,38)34(24-11-9-12-25(18-24)39-6)20-28(35)33(19-23-10-7-8-13-27(23)31)22(2)29(36)32-30(3,4)5/h7-18,22H,19-20H2,1-6H3,(H,32,36). The van der Waals surface area contributed by atoms with E-state index in [1.54, 1.807) is 57.2 Å². The van der Waals surface area contributed by atoms with Gasteiger partial charge in [-0.05, 0) is 65.0 Å². The van der Waals surface area contributed by atoms with E-state index in [4.69, 9.17) is 4.74 Å². The van der Waals surface area contributed by atoms with E-state index in [-0.39, 0.29) is 22.7 Å². The molecule has 0 aliphatic rings. The number of sulfonamides is 1. The van der Waals surface area contributed by atoms with E-state index < -0.39 is 45.8 Å². The zero-order valence-electron chi connectivity index (χ0n) is 23.6. The maximum Gasteiger partial charge on any atom is 0.264 e. The lowest BCUT2D eigenvalue weighted by molar-refractivity contribution is -0.140. The van der Waals surface area contributed by atoms with Gasteiger partial charge in [0.15, 0.2) is 0 Å². The zero-order valence-corrected chi connectivity index (χ0v) is 24.5. The Labute approximate surface area is 235 Å². The Bertz CT molecular complexity index is 1450. The normalized spacial score (nSPS) is 12.4. The molecule has 0 radical (unpaired) electrons. The number of aryl methyl sites for hydroxylation is 1. The van der Waals surface area contributed by atoms with Gasteiger partial charge in [0.1, 0.15) is 24.2 Å². The first kappa shape index (κ1) is 30.6. The number of hydrogen-bond donors (Lipinski definition) is 1. The highest BCUT2D eigenvalue weighted by Gasteiger charge is 2.33. The van der Waals surface area contributed by atoms with Crippen molar-refractivity contribution in [1.29, 1.82) is 0 Å². The topological polar surface area (TPSA) is 96.0 Å². The molecule has 0 bridgehead atoms. The Morgan fingerprint density at radius 3 is 2.25 bits per heavy atom. The Morgan fingerprint density at radius 1 is 1.00 bits per heavy atom. The van der Waals surface area contributed by atoms with Crippen LogP contribution in [0.25, 0.3) is 0 Å². The van der Waals surface area contributed by atoms with Crippen molar-refractivity contribution >= 4 is 27.5 Å². The Kier molecular flexibility index (Phi) is 9.57. The summed E-state index contributed by atoms with van der Waals surface area (Å²) in [6.07, 6.45) is 0. The number of halogens is 1. The van der Waals surface area contributed by atoms with Gasteiger partial charge in [0.05, 0.1) is 17.7 Å². The van der Waals surface area contributed by atoms with Gasteiger partial charge in [-0.3, -0.25) is 13.9 Å². The van der Waals surface area contributed by atoms with Gasteiger partial charge in [-0.2, -0.15) is 0 Å². The Morgan fingerprint density at radius 2 is 1.65 bits per heavy atom. The van der Waals surface area contributed by atoms with E-state index in [0.717, 1.165) is 9.87 Å². The molecular weight excluding hydrogens is 533 g/mol. The van der Waals surface area contributed by atoms with E-state index in [0.29, 0.717) is 5.75 Å². The van der Waals surface area contributed by atoms with Crippen molar-refractivity contribution in [3.63, 3.8) is 0 Å². The highest BCUT2D eigenvalue weighted by Crippen LogP contribution is 2.28. The van der Waals surface area contributed by atoms with Crippen LogP contribution in [0.2, 0.25) is 0 Å². The maximum atomic E-state index is 14.6. The van der Waals surface area contributed by atoms with Crippen molar-refractivity contribution in [2.45, 2.75) is 57.6 Å². The number of methoxy groups -OCH3 is 1. The molecule has 214 valence electrons. The fourth-order valence-electron chi connectivity index (χ4n) is 4.00. The molecular formula is C30H36FN3O5S. The van der Waals surface area contributed by atoms with Gasteiger partial charge < -0.3 is 15.0 Å². The summed E-state index contributed by atoms with van der Waals surface area (Å²) >= 11 is 0. The van der Waals surface area contributed by atoms with Gasteiger partial charge in [-0.25, -0.2) is 12.8 Å². The molecule has 3 aromatic carbocycles. The number of carbonyl (C=O) groups excluding carboxylic acids is 2. The minimum Gasteiger partial charge on any atom is -0.497 e. The van der Waals surface area contributed by atoms with Gasteiger partial charge in [0, 0.05) is 23.7 Å². The van der Waals surface area contributed by atoms with Crippen LogP contribution in [-0.2, 0) is 26.2 Å². The van der Waals surface area contributed by atoms with Crippen molar-refractivity contribution in [2.75, 3.05) is 18.0 Å². The first-order valence-electron chi connectivity index (χ1n) is 12.8. The van der Waals surface area contributed by atoms with Gasteiger partial charge in [0.25, 0.3) is 10.0 Å². The van der Waals surface area contributed by atoms with Crippen LogP contribution in [0.3, 0.4) is 0 Å². The number of nitrogens with zero attached hydrogens (tertiary/aromatic N) is 2. The Balaban J connectivity index is 2.07. The second kappa shape index (κ2) is 12.5. The fourth-order valence-corrected chi connectivity index (χ4v) is 5.40. The third-order valence-corrected chi connectivity index (χ3v) is 7.98. The van der Waals surface area contributed by atoms with E-state index in [2.05, 4.69) is 5.32 Å². The fraction of sp³-hybridized carbons (Fsp3) is 0.333. The predicted molar refractivity (Wildman–Crippen MR) is 153 cm³/mol. The molecule has 0 aliphatic carbocycles. The van der Waals surface area contributed by atoms with Crippen molar-refractivity contribution in [3.8, 4) is 5.75 Å². The number of amides is 2. The van der Waals surface area contributed by atoms with Crippen molar-refractivity contribution in [3.05, 3.63) is 89.7 Å². The van der Waals surface area contributed by atoms with Crippen LogP contribution >= 0.6 is 0 Å². The number of ether oxygens (including phenoxy) is 1. The summed E-state index contributed by atoms with van der Waals surface area (Å²) in [4.78, 5) is 28.2. The van der Waals surface area contributed by atoms with Gasteiger partial charge >= 0.3 is 0 Å². The lowest BCUT2D eigenvalue weighted by Gasteiger charge is -2.33. The summed E-state index contributed by atoms with van der Waals surface area (Å²) in [6, 6.07) is 17.5. The van der Waals surface area contributed by atoms with E-state index >= 15 is 0 Å². The van der Waals surface area contributed by atoms with E-state index in [9.17, 15) is 22.4 Å². The van der Waals surface area contributed by atoms with Crippen molar-refractivity contribution in [2.24, 2.45) is 0 Å². The van der Waals surface area contributed by atoms with Crippen LogP contribution in [0.4, 0.5) is 10.1 Å². The number of rotatable bonds is 10. The van der Waals surface area contributed by atoms with Crippen LogP contribution in [0, 0.1) is 12.7 Å². The second-order valence-corrected chi connectivity index (χ2v) is 12.4. The monoisotopic (exact) mass is 569 g/mol. The summed E-state index contributed by atoms with van der Waals surface area (Å²) in [7, 11) is -2.77. The highest BCUT2D eigenvalue weighted by atomic mass is 32.2. The number of anilines is 1. The van der Waals surface area contributed by atoms with Crippen molar-refractivity contribution < 1.29 is 27.1 Å². The van der Waals surface area contributed by atoms with Crippen LogP contribution in [0.5, 0.6) is 5.75 Å². The Hall–Kier alpha value is -3.92. The molecule has 0 saturated carbocycles. The quantitative estimate of drug-likeness (QED) is 0.383. The molecule has 0 aromatic heterocycles. The smallest absolute Gasteiger partial charge is 0.264 e. The molecule has 2 amide bonds. The van der Waals surface area contributed by atoms with Gasteiger partial charge in [0.2, 0.25) is 11.8 Å². The average Bonchev–Trinajstić information content (AvgIpc) is 2.90. The second-order valence-electron chi connectivity index (χ2n) is 10.6. The summed E-state index contributed by atoms with van der Waals surface area (Å²) in [5, 5.41) is 2.84. The first-order valence-corrected chi connectivity index (χ1v) is 14.3. The summed E-state index contributed by atoms with van der Waals surface area (Å²) < 4.78 is 48.7. The number of benzene rings is 3. The lowest BCUT2D eigenvalue weighted by atomic mass is 10.1. The molecule has 0 fully saturated rings. The molecule has 3 aromatic rings. The van der Waals surface area contributed by atoms with E-state index in [1.807, 2.05) is 6.92 Å². The SMILES string of the molecule is COc1cccc(N(CC(=O)N(Cc2ccccc2F)C(C)C(=O)NC(C)(C)C)S(=O)(=O)c2ccc(C)cc2)c1. The zero-order chi connectivity index (χ0) is 29.7. The predicted octanol–water partition coefficient (Wildman–Crippen LogP) is 4.67. The molecule has 10 heteroatoms. The molecule has 0 saturated heterocycles. The van der Waals surface area contributed by atoms with Crippen LogP contribution in [0.15, 0.2) is 77.7 Å². The molecule has 3 rings (SSSR count). The highest BCUT2D eigenvalue weighted by molar-refractivity contribution is 7.92. The minimum absolute atomic E-state index is 0.00658. The molecule has 0 aliphatic heterocycles. The van der Waals surface area contributed by atoms with Gasteiger partial charge in [-0.15, -0.1) is 0 Å².